The molecule has 0 aliphatic carbocycles. The van der Waals surface area contributed by atoms with E-state index in [4.69, 9.17) is 4.98 Å². The van der Waals surface area contributed by atoms with Gasteiger partial charge in [0.15, 0.2) is 6.54 Å². The van der Waals surface area contributed by atoms with E-state index in [9.17, 15) is 15.0 Å². The average molecular weight is 427 g/mol. The Morgan fingerprint density at radius 1 is 1.22 bits per heavy atom. The first-order valence-corrected chi connectivity index (χ1v) is 9.58. The lowest BCUT2D eigenvalue weighted by molar-refractivity contribution is -0.564. The molecule has 0 amide bonds. The van der Waals surface area contributed by atoms with Gasteiger partial charge in [-0.05, 0) is 39.7 Å². The molecule has 1 atom stereocenters. The van der Waals surface area contributed by atoms with E-state index in [1.54, 1.807) is 6.07 Å². The summed E-state index contributed by atoms with van der Waals surface area (Å²) in [6.07, 6.45) is 2.62. The van der Waals surface area contributed by atoms with E-state index in [0.717, 1.165) is 40.2 Å². The number of fused-ring (bicyclic) bond motifs is 1. The van der Waals surface area contributed by atoms with Crippen LogP contribution < -0.4 is 0 Å². The number of benzene rings is 2. The van der Waals surface area contributed by atoms with Crippen molar-refractivity contribution in [3.05, 3.63) is 73.6 Å². The zero-order valence-electron chi connectivity index (χ0n) is 14.5. The Morgan fingerprint density at radius 2 is 2.07 bits per heavy atom. The second-order valence-electron chi connectivity index (χ2n) is 6.79. The van der Waals surface area contributed by atoms with Crippen LogP contribution in [0.1, 0.15) is 18.4 Å². The molecule has 1 fully saturated rings. The van der Waals surface area contributed by atoms with Crippen molar-refractivity contribution in [1.82, 2.24) is 4.98 Å². The van der Waals surface area contributed by atoms with Gasteiger partial charge in [-0.2, -0.15) is 0 Å². The summed E-state index contributed by atoms with van der Waals surface area (Å²) in [5, 5.41) is 12.0. The highest BCUT2D eigenvalue weighted by molar-refractivity contribution is 9.10. The molecule has 0 radical (unpaired) electrons. The van der Waals surface area contributed by atoms with E-state index in [2.05, 4.69) is 22.0 Å². The molecule has 2 heterocycles. The Hall–Kier alpha value is -2.67. The van der Waals surface area contributed by atoms with Crippen molar-refractivity contribution in [3.8, 4) is 11.3 Å². The maximum atomic E-state index is 11.8. The van der Waals surface area contributed by atoms with E-state index in [1.165, 1.54) is 16.9 Å². The van der Waals surface area contributed by atoms with Crippen LogP contribution in [-0.4, -0.2) is 27.3 Å². The maximum absolute atomic E-state index is 11.8. The second-order valence-corrected chi connectivity index (χ2v) is 7.65. The van der Waals surface area contributed by atoms with Crippen LogP contribution in [0.3, 0.4) is 0 Å². The van der Waals surface area contributed by atoms with Crippen LogP contribution >= 0.6 is 15.9 Å². The highest BCUT2D eigenvalue weighted by atomic mass is 79.9. The first kappa shape index (κ1) is 17.7. The minimum Gasteiger partial charge on any atom is -0.258 e. The summed E-state index contributed by atoms with van der Waals surface area (Å²) in [5.74, 6) is 0. The zero-order valence-corrected chi connectivity index (χ0v) is 16.1. The van der Waals surface area contributed by atoms with Crippen molar-refractivity contribution in [2.75, 3.05) is 6.54 Å². The molecule has 0 spiro atoms. The lowest BCUT2D eigenvalue weighted by Gasteiger charge is -2.09. The van der Waals surface area contributed by atoms with Gasteiger partial charge in [0.05, 0.1) is 16.1 Å². The molecule has 27 heavy (non-hydrogen) atoms. The van der Waals surface area contributed by atoms with Crippen molar-refractivity contribution in [3.63, 3.8) is 0 Å². The lowest BCUT2D eigenvalue weighted by Crippen LogP contribution is -2.19. The van der Waals surface area contributed by atoms with Gasteiger partial charge >= 0.3 is 0 Å². The smallest absolute Gasteiger partial charge is 0.258 e. The van der Waals surface area contributed by atoms with Gasteiger partial charge in [-0.25, -0.2) is 4.98 Å². The molecule has 0 saturated carbocycles. The van der Waals surface area contributed by atoms with Crippen LogP contribution in [0, 0.1) is 15.0 Å². The van der Waals surface area contributed by atoms with Gasteiger partial charge < -0.3 is 0 Å². The maximum Gasteiger partial charge on any atom is 0.270 e. The molecular weight excluding hydrogens is 410 g/mol. The first-order chi connectivity index (χ1) is 13.0. The molecule has 4 rings (SSSR count). The molecule has 136 valence electrons. The second kappa shape index (κ2) is 7.15. The number of hydrogen-bond acceptors (Lipinski definition) is 4. The molecular formula is C20H17BrN3O3+. The number of nitroso groups, excluding NO2 is 1. The minimum atomic E-state index is -0.408. The van der Waals surface area contributed by atoms with Crippen LogP contribution in [0.25, 0.3) is 22.2 Å². The van der Waals surface area contributed by atoms with Crippen molar-refractivity contribution < 1.29 is 9.68 Å². The molecule has 1 aliphatic rings. The quantitative estimate of drug-likeness (QED) is 0.332. The summed E-state index contributed by atoms with van der Waals surface area (Å²) in [7, 11) is 0. The third-order valence-corrected chi connectivity index (χ3v) is 5.56. The first-order valence-electron chi connectivity index (χ1n) is 8.79. The Bertz CT molecular complexity index is 1070. The van der Waals surface area contributed by atoms with Gasteiger partial charge in [0.2, 0.25) is 6.04 Å². The summed E-state index contributed by atoms with van der Waals surface area (Å²) in [6, 6.07) is 14.4. The monoisotopic (exact) mass is 426 g/mol. The summed E-state index contributed by atoms with van der Waals surface area (Å²) in [6.45, 7) is 0.619. The fraction of sp³-hybridized carbons (Fsp3) is 0.250. The molecule has 0 N–H and O–H groups in total. The summed E-state index contributed by atoms with van der Waals surface area (Å²) in [5.41, 5.74) is 3.33. The van der Waals surface area contributed by atoms with Crippen LogP contribution in [0.2, 0.25) is 0 Å². The number of non-ortho nitro benzene ring substituents is 1. The van der Waals surface area contributed by atoms with Gasteiger partial charge in [-0.1, -0.05) is 18.2 Å². The molecule has 3 aromatic rings. The Labute approximate surface area is 164 Å². The van der Waals surface area contributed by atoms with Gasteiger partial charge in [0.1, 0.15) is 0 Å². The standard InChI is InChI=1S/C20H17BrN3O3/c21-18-11-13(10-16-5-2-8-23(16)25)9-15-6-7-19(22-20(15)18)14-3-1-4-17(12-14)24(26)27/h1,3-4,6-7,9,11-12,16H,2,5,8,10H2/q+1. The Morgan fingerprint density at radius 3 is 2.81 bits per heavy atom. The number of nitro benzene ring substituents is 1. The van der Waals surface area contributed by atoms with Gasteiger partial charge in [-0.15, -0.1) is 0 Å². The largest absolute Gasteiger partial charge is 0.270 e. The van der Waals surface area contributed by atoms with E-state index in [1.807, 2.05) is 24.3 Å². The lowest BCUT2D eigenvalue weighted by atomic mass is 10.0. The number of rotatable bonds is 4. The fourth-order valence-corrected chi connectivity index (χ4v) is 4.20. The number of nitro groups is 1. The number of nitrogens with zero attached hydrogens (tertiary/aromatic N) is 3. The van der Waals surface area contributed by atoms with E-state index >= 15 is 0 Å². The van der Waals surface area contributed by atoms with Crippen molar-refractivity contribution >= 4 is 32.5 Å². The minimum absolute atomic E-state index is 0.0440. The zero-order chi connectivity index (χ0) is 19.0. The summed E-state index contributed by atoms with van der Waals surface area (Å²) in [4.78, 5) is 27.1. The van der Waals surface area contributed by atoms with Gasteiger partial charge in [0.25, 0.3) is 5.69 Å². The average Bonchev–Trinajstić information content (AvgIpc) is 3.06. The molecule has 1 unspecified atom stereocenters. The third kappa shape index (κ3) is 3.60. The van der Waals surface area contributed by atoms with Crippen molar-refractivity contribution in [1.29, 1.82) is 0 Å². The summed E-state index contributed by atoms with van der Waals surface area (Å²) >= 11 is 3.59. The molecule has 7 heteroatoms. The SMILES string of the molecule is O=[N+]([O-])c1cccc(-c2ccc3cc(CC4CCC[N+]4=O)cc(Br)c3n2)c1. The van der Waals surface area contributed by atoms with E-state index in [-0.39, 0.29) is 11.7 Å². The normalized spacial score (nSPS) is 16.8. The topological polar surface area (TPSA) is 76.1 Å². The number of aromatic nitrogens is 1. The predicted molar refractivity (Wildman–Crippen MR) is 107 cm³/mol. The van der Waals surface area contributed by atoms with Crippen LogP contribution in [0.4, 0.5) is 5.69 Å². The fourth-order valence-electron chi connectivity index (χ4n) is 3.59. The van der Waals surface area contributed by atoms with Crippen molar-refractivity contribution in [2.24, 2.45) is 0 Å². The van der Waals surface area contributed by atoms with Gasteiger partial charge in [-0.3, -0.25) is 10.1 Å². The molecule has 2 aromatic carbocycles. The Balaban J connectivity index is 1.70. The predicted octanol–water partition coefficient (Wildman–Crippen LogP) is 5.06. The van der Waals surface area contributed by atoms with Crippen LogP contribution in [-0.2, 0) is 6.42 Å². The van der Waals surface area contributed by atoms with Crippen LogP contribution in [0.5, 0.6) is 0 Å². The van der Waals surface area contributed by atoms with E-state index in [0.29, 0.717) is 17.8 Å². The molecule has 6 nitrogen and oxygen atoms in total. The van der Waals surface area contributed by atoms with Crippen LogP contribution in [0.15, 0.2) is 53.0 Å². The highest BCUT2D eigenvalue weighted by Gasteiger charge is 2.31. The highest BCUT2D eigenvalue weighted by Crippen LogP contribution is 2.30. The molecule has 1 aromatic heterocycles. The third-order valence-electron chi connectivity index (χ3n) is 4.95. The molecule has 1 saturated heterocycles. The van der Waals surface area contributed by atoms with Crippen molar-refractivity contribution in [2.45, 2.75) is 25.3 Å². The van der Waals surface area contributed by atoms with E-state index < -0.39 is 4.92 Å². The van der Waals surface area contributed by atoms with Gasteiger partial charge in [0, 0.05) is 56.5 Å². The molecule has 1 aliphatic heterocycles. The summed E-state index contributed by atoms with van der Waals surface area (Å²) < 4.78 is 2.04. The Kier molecular flexibility index (Phi) is 4.70. The molecule has 0 bridgehead atoms. The number of halogens is 1. The number of hydrogen-bond donors (Lipinski definition) is 0. The number of pyridine rings is 1.